The highest BCUT2D eigenvalue weighted by Crippen LogP contribution is 2.52. The van der Waals surface area contributed by atoms with Crippen molar-refractivity contribution in [2.45, 2.75) is 73.2 Å². The zero-order valence-electron chi connectivity index (χ0n) is 32.8. The number of nitrogens with zero attached hydrogens (tertiary/aromatic N) is 4. The van der Waals surface area contributed by atoms with E-state index in [0.717, 1.165) is 94.4 Å². The molecule has 0 radical (unpaired) electrons. The van der Waals surface area contributed by atoms with Gasteiger partial charge in [0, 0.05) is 73.7 Å². The fourth-order valence-corrected chi connectivity index (χ4v) is 11.0. The minimum atomic E-state index is -3.78. The summed E-state index contributed by atoms with van der Waals surface area (Å²) in [6.45, 7) is 10.8. The van der Waals surface area contributed by atoms with Crippen LogP contribution < -0.4 is 15.5 Å². The number of methoxy groups -OCH3 is 1. The average molecular weight is 797 g/mol. The van der Waals surface area contributed by atoms with Crippen molar-refractivity contribution in [2.24, 2.45) is 17.8 Å². The lowest BCUT2D eigenvalue weighted by Crippen LogP contribution is -2.56. The first-order valence-corrected chi connectivity index (χ1v) is 21.5. The molecule has 3 fully saturated rings. The Bertz CT molecular complexity index is 2160. The number of halogens is 1. The number of anilines is 2. The van der Waals surface area contributed by atoms with Crippen molar-refractivity contribution >= 4 is 33.2 Å². The maximum absolute atomic E-state index is 15.2. The molecule has 2 aliphatic heterocycles. The van der Waals surface area contributed by atoms with Gasteiger partial charge in [-0.3, -0.25) is 4.79 Å². The number of hydrogen-bond donors (Lipinski definition) is 2. The number of aryl methyl sites for hydroxylation is 1. The van der Waals surface area contributed by atoms with E-state index < -0.39 is 27.3 Å². The van der Waals surface area contributed by atoms with E-state index in [1.807, 2.05) is 30.6 Å². The molecule has 2 amide bonds. The molecular formula is C44H53FN6O5S. The Kier molecular flexibility index (Phi) is 12.2. The predicted octanol–water partition coefficient (Wildman–Crippen LogP) is 6.85. The van der Waals surface area contributed by atoms with Crippen LogP contribution in [0.15, 0.2) is 108 Å². The van der Waals surface area contributed by atoms with E-state index in [2.05, 4.69) is 49.6 Å². The van der Waals surface area contributed by atoms with Gasteiger partial charge in [0.05, 0.1) is 16.9 Å². The van der Waals surface area contributed by atoms with E-state index in [1.165, 1.54) is 25.3 Å². The van der Waals surface area contributed by atoms with Crippen LogP contribution in [-0.4, -0.2) is 80.7 Å². The Morgan fingerprint density at radius 3 is 2.46 bits per heavy atom. The molecule has 13 heteroatoms. The van der Waals surface area contributed by atoms with Gasteiger partial charge < -0.3 is 29.7 Å². The number of ether oxygens (including phenoxy) is 1. The number of carbonyl (C=O) groups is 2. The monoisotopic (exact) mass is 796 g/mol. The van der Waals surface area contributed by atoms with Crippen molar-refractivity contribution in [1.82, 2.24) is 19.8 Å². The molecule has 3 aromatic carbocycles. The summed E-state index contributed by atoms with van der Waals surface area (Å²) in [6.07, 6.45) is 10.0. The van der Waals surface area contributed by atoms with Crippen LogP contribution in [0.4, 0.5) is 20.6 Å². The fraction of sp³-hybridized carbons (Fsp3) is 0.432. The van der Waals surface area contributed by atoms with Crippen LogP contribution >= 0.6 is 0 Å². The molecular weight excluding hydrogens is 744 g/mol. The summed E-state index contributed by atoms with van der Waals surface area (Å²) < 4.78 is 49.3. The van der Waals surface area contributed by atoms with Gasteiger partial charge in [-0.15, -0.1) is 0 Å². The maximum atomic E-state index is 15.2. The molecule has 4 aromatic rings. The third-order valence-corrected chi connectivity index (χ3v) is 14.2. The third-order valence-electron chi connectivity index (χ3n) is 12.5. The van der Waals surface area contributed by atoms with Gasteiger partial charge in [-0.05, 0) is 117 Å². The van der Waals surface area contributed by atoms with Crippen molar-refractivity contribution in [1.29, 1.82) is 0 Å². The van der Waals surface area contributed by atoms with Gasteiger partial charge in [-0.25, -0.2) is 22.6 Å². The lowest BCUT2D eigenvalue weighted by atomic mass is 9.58. The van der Waals surface area contributed by atoms with E-state index in [4.69, 9.17) is 4.74 Å². The molecule has 1 unspecified atom stereocenters. The standard InChI is InChI=1S/C44H53FN6O5S/c1-4-41-46-21-24-50(41)30-44(33-9-6-10-34(45)25-33,39-13-8-14-40(39)48-43(53)56-3)32-19-22-49(23-20-32)27-31-28-51(29-31)36-15-17-37(18-16-36)57(54,55)38-12-7-11-35(26-38)47-42(52)5-2/h5-7,9-12,15-18,21,24-26,31-32,39-40H,2,4,8,13-14,19-20,22-23,27-30H2,1,3H3,(H,47,52)(H,48,53)/t39-,40-,44?/m0/s1. The number of hydrogen-bond acceptors (Lipinski definition) is 8. The first kappa shape index (κ1) is 40.2. The Morgan fingerprint density at radius 1 is 1.00 bits per heavy atom. The Balaban J connectivity index is 1.03. The Labute approximate surface area is 335 Å². The van der Waals surface area contributed by atoms with E-state index in [0.29, 0.717) is 18.2 Å². The molecule has 3 atom stereocenters. The summed E-state index contributed by atoms with van der Waals surface area (Å²) in [5.41, 5.74) is 1.90. The largest absolute Gasteiger partial charge is 0.453 e. The first-order chi connectivity index (χ1) is 27.5. The van der Waals surface area contributed by atoms with Crippen LogP contribution in [0.3, 0.4) is 0 Å². The SMILES string of the molecule is C=CC(=O)Nc1cccc(S(=O)(=O)c2ccc(N3CC(CN4CCC(C(Cn5ccnc5CC)(c5cccc(F)c5)[C@H]5CCC[C@@H]5NC(=O)OC)CC4)C3)cc2)c1. The van der Waals surface area contributed by atoms with E-state index in [-0.39, 0.29) is 33.5 Å². The number of amides is 2. The summed E-state index contributed by atoms with van der Waals surface area (Å²) in [5.74, 6) is 1.14. The number of carbonyl (C=O) groups excluding carboxylic acids is 2. The highest BCUT2D eigenvalue weighted by molar-refractivity contribution is 7.91. The van der Waals surface area contributed by atoms with Crippen molar-refractivity contribution in [3.63, 3.8) is 0 Å². The van der Waals surface area contributed by atoms with Crippen LogP contribution in [0.5, 0.6) is 0 Å². The second-order valence-electron chi connectivity index (χ2n) is 15.7. The number of piperidine rings is 1. The normalized spacial score (nSPS) is 20.4. The first-order valence-electron chi connectivity index (χ1n) is 20.0. The molecule has 302 valence electrons. The topological polar surface area (TPSA) is 126 Å². The molecule has 11 nitrogen and oxygen atoms in total. The number of alkyl carbamates (subject to hydrolysis) is 1. The Hall–Kier alpha value is -5.01. The zero-order chi connectivity index (χ0) is 40.2. The minimum absolute atomic E-state index is 0.0822. The summed E-state index contributed by atoms with van der Waals surface area (Å²) in [6, 6.07) is 20.3. The average Bonchev–Trinajstić information content (AvgIpc) is 3.87. The van der Waals surface area contributed by atoms with Crippen LogP contribution in [0.25, 0.3) is 0 Å². The summed E-state index contributed by atoms with van der Waals surface area (Å²) in [4.78, 5) is 34.1. The van der Waals surface area contributed by atoms with Crippen LogP contribution in [0, 0.1) is 23.6 Å². The number of likely N-dealkylation sites (tertiary alicyclic amines) is 1. The smallest absolute Gasteiger partial charge is 0.407 e. The highest BCUT2D eigenvalue weighted by atomic mass is 32.2. The van der Waals surface area contributed by atoms with E-state index >= 15 is 4.39 Å². The number of benzene rings is 3. The summed E-state index contributed by atoms with van der Waals surface area (Å²) in [5, 5.41) is 5.78. The lowest BCUT2D eigenvalue weighted by Gasteiger charge is -2.51. The van der Waals surface area contributed by atoms with Gasteiger partial charge in [0.2, 0.25) is 15.7 Å². The molecule has 1 saturated carbocycles. The van der Waals surface area contributed by atoms with Crippen molar-refractivity contribution in [2.75, 3.05) is 50.1 Å². The van der Waals surface area contributed by atoms with Gasteiger partial charge in [0.15, 0.2) is 0 Å². The molecule has 7 rings (SSSR count). The third kappa shape index (κ3) is 8.50. The molecule has 2 saturated heterocycles. The van der Waals surface area contributed by atoms with E-state index in [9.17, 15) is 18.0 Å². The molecule has 2 N–H and O–H groups in total. The fourth-order valence-electron chi connectivity index (χ4n) is 9.71. The predicted molar refractivity (Wildman–Crippen MR) is 218 cm³/mol. The van der Waals surface area contributed by atoms with Crippen molar-refractivity contribution < 1.29 is 27.1 Å². The molecule has 3 aliphatic rings. The number of imidazole rings is 1. The molecule has 0 bridgehead atoms. The van der Waals surface area contributed by atoms with Gasteiger partial charge in [-0.1, -0.05) is 38.1 Å². The molecule has 1 aliphatic carbocycles. The van der Waals surface area contributed by atoms with Gasteiger partial charge in [0.25, 0.3) is 0 Å². The van der Waals surface area contributed by atoms with Crippen molar-refractivity contribution in [3.8, 4) is 0 Å². The molecule has 1 aromatic heterocycles. The minimum Gasteiger partial charge on any atom is -0.453 e. The van der Waals surface area contributed by atoms with Gasteiger partial charge in [-0.2, -0.15) is 0 Å². The number of rotatable bonds is 14. The van der Waals surface area contributed by atoms with Crippen LogP contribution in [0.2, 0.25) is 0 Å². The number of nitrogens with one attached hydrogen (secondary N) is 2. The molecule has 0 spiro atoms. The second kappa shape index (κ2) is 17.2. The quantitative estimate of drug-likeness (QED) is 0.133. The Morgan fingerprint density at radius 2 is 1.75 bits per heavy atom. The number of aromatic nitrogens is 2. The molecule has 57 heavy (non-hydrogen) atoms. The lowest BCUT2D eigenvalue weighted by molar-refractivity contribution is -0.111. The van der Waals surface area contributed by atoms with Crippen LogP contribution in [0.1, 0.15) is 50.4 Å². The van der Waals surface area contributed by atoms with Crippen molar-refractivity contribution in [3.05, 3.63) is 115 Å². The maximum Gasteiger partial charge on any atom is 0.407 e. The zero-order valence-corrected chi connectivity index (χ0v) is 33.6. The second-order valence-corrected chi connectivity index (χ2v) is 17.7. The highest BCUT2D eigenvalue weighted by Gasteiger charge is 2.52. The summed E-state index contributed by atoms with van der Waals surface area (Å²) in [7, 11) is -2.38. The summed E-state index contributed by atoms with van der Waals surface area (Å²) >= 11 is 0. The number of sulfone groups is 1. The van der Waals surface area contributed by atoms with Crippen LogP contribution in [-0.2, 0) is 37.7 Å². The van der Waals surface area contributed by atoms with Gasteiger partial charge in [0.1, 0.15) is 11.6 Å². The van der Waals surface area contributed by atoms with E-state index in [1.54, 1.807) is 30.3 Å². The van der Waals surface area contributed by atoms with Gasteiger partial charge >= 0.3 is 6.09 Å². The molecule has 3 heterocycles.